The zero-order valence-corrected chi connectivity index (χ0v) is 7.59. The number of nitrogens with zero attached hydrogens (tertiary/aromatic N) is 2. The Morgan fingerprint density at radius 3 is 2.82 bits per heavy atom. The first-order valence-corrected chi connectivity index (χ1v) is 4.19. The molecule has 1 heterocycles. The van der Waals surface area contributed by atoms with E-state index < -0.39 is 0 Å². The van der Waals surface area contributed by atoms with Crippen molar-refractivity contribution in [3.8, 4) is 0 Å². The van der Waals surface area contributed by atoms with E-state index in [2.05, 4.69) is 36.2 Å². The van der Waals surface area contributed by atoms with Crippen LogP contribution in [-0.2, 0) is 0 Å². The molecular formula is C8H17N3. The summed E-state index contributed by atoms with van der Waals surface area (Å²) in [6, 6.07) is 0.581. The van der Waals surface area contributed by atoms with E-state index in [1.165, 1.54) is 12.3 Å². The summed E-state index contributed by atoms with van der Waals surface area (Å²) in [6.45, 7) is 4.11. The molecule has 0 amide bonds. The molecule has 0 saturated carbocycles. The van der Waals surface area contributed by atoms with Gasteiger partial charge in [0.05, 0.1) is 6.04 Å². The molecule has 1 rings (SSSR count). The van der Waals surface area contributed by atoms with Gasteiger partial charge in [-0.1, -0.05) is 0 Å². The first-order valence-electron chi connectivity index (χ1n) is 4.19. The molecule has 0 bridgehead atoms. The Kier molecular flexibility index (Phi) is 2.88. The van der Waals surface area contributed by atoms with Gasteiger partial charge in [-0.2, -0.15) is 0 Å². The minimum absolute atomic E-state index is 0.581. The molecule has 0 spiro atoms. The number of amidine groups is 1. The highest BCUT2D eigenvalue weighted by Gasteiger charge is 2.29. The number of hydrogen-bond acceptors (Lipinski definition) is 2. The molecule has 1 aliphatic rings. The summed E-state index contributed by atoms with van der Waals surface area (Å²) >= 11 is 0. The van der Waals surface area contributed by atoms with Crippen molar-refractivity contribution in [1.82, 2.24) is 10.2 Å². The van der Waals surface area contributed by atoms with Crippen LogP contribution < -0.4 is 5.32 Å². The number of nitrogens with one attached hydrogen (secondary N) is 1. The molecule has 1 N–H and O–H groups in total. The maximum atomic E-state index is 4.28. The first kappa shape index (κ1) is 8.53. The molecule has 1 fully saturated rings. The van der Waals surface area contributed by atoms with Gasteiger partial charge < -0.3 is 10.2 Å². The van der Waals surface area contributed by atoms with Gasteiger partial charge >= 0.3 is 0 Å². The summed E-state index contributed by atoms with van der Waals surface area (Å²) < 4.78 is 0. The van der Waals surface area contributed by atoms with Gasteiger partial charge in [-0.05, 0) is 34.0 Å². The van der Waals surface area contributed by atoms with Crippen molar-refractivity contribution in [3.05, 3.63) is 0 Å². The van der Waals surface area contributed by atoms with Crippen LogP contribution in [0, 0.1) is 0 Å². The molecule has 3 heteroatoms. The van der Waals surface area contributed by atoms with Crippen LogP contribution in [0.3, 0.4) is 0 Å². The molecule has 0 aromatic heterocycles. The van der Waals surface area contributed by atoms with Gasteiger partial charge in [0.15, 0.2) is 0 Å². The maximum Gasteiger partial charge on any atom is 0.120 e. The Morgan fingerprint density at radius 1 is 1.55 bits per heavy atom. The second kappa shape index (κ2) is 3.72. The van der Waals surface area contributed by atoms with Crippen LogP contribution in [0.5, 0.6) is 0 Å². The summed E-state index contributed by atoms with van der Waals surface area (Å²) in [5, 5.41) is 3.25. The smallest absolute Gasteiger partial charge is 0.120 e. The normalized spacial score (nSPS) is 25.8. The summed E-state index contributed by atoms with van der Waals surface area (Å²) in [4.78, 5) is 6.48. The molecular weight excluding hydrogens is 138 g/mol. The zero-order chi connectivity index (χ0) is 8.27. The van der Waals surface area contributed by atoms with E-state index in [1.54, 1.807) is 0 Å². The summed E-state index contributed by atoms with van der Waals surface area (Å²) in [6.07, 6.45) is 1.19. The lowest BCUT2D eigenvalue weighted by Crippen LogP contribution is -2.15. The van der Waals surface area contributed by atoms with E-state index >= 15 is 0 Å². The zero-order valence-electron chi connectivity index (χ0n) is 7.59. The Bertz CT molecular complexity index is 151. The highest BCUT2D eigenvalue weighted by atomic mass is 15.2. The van der Waals surface area contributed by atoms with Crippen molar-refractivity contribution in [2.24, 2.45) is 4.99 Å². The van der Waals surface area contributed by atoms with Gasteiger partial charge in [-0.15, -0.1) is 0 Å². The molecule has 1 aliphatic heterocycles. The fraction of sp³-hybridized carbons (Fsp3) is 0.875. The SMILES string of the molecule is CCN=C1NC1CCN(C)C. The Balaban J connectivity index is 2.09. The number of aliphatic imine (C=N–C) groups is 1. The monoisotopic (exact) mass is 155 g/mol. The predicted molar refractivity (Wildman–Crippen MR) is 48.1 cm³/mol. The molecule has 1 unspecified atom stereocenters. The van der Waals surface area contributed by atoms with E-state index in [1.807, 2.05) is 0 Å². The molecule has 64 valence electrons. The van der Waals surface area contributed by atoms with Crippen LogP contribution in [-0.4, -0.2) is 44.0 Å². The van der Waals surface area contributed by atoms with Gasteiger partial charge in [0.1, 0.15) is 5.84 Å². The Labute approximate surface area is 68.5 Å². The highest BCUT2D eigenvalue weighted by Crippen LogP contribution is 2.07. The van der Waals surface area contributed by atoms with Crippen LogP contribution >= 0.6 is 0 Å². The molecule has 0 aliphatic carbocycles. The Morgan fingerprint density at radius 2 is 2.27 bits per heavy atom. The Hall–Kier alpha value is -0.570. The lowest BCUT2D eigenvalue weighted by Gasteiger charge is -2.05. The third-order valence-electron chi connectivity index (χ3n) is 1.76. The third-order valence-corrected chi connectivity index (χ3v) is 1.76. The number of rotatable bonds is 4. The van der Waals surface area contributed by atoms with Gasteiger partial charge in [-0.25, -0.2) is 0 Å². The van der Waals surface area contributed by atoms with Crippen LogP contribution in [0.2, 0.25) is 0 Å². The number of hydrogen-bond donors (Lipinski definition) is 1. The standard InChI is InChI=1S/C8H17N3/c1-4-9-8-7(10-8)5-6-11(2)3/h7H,4-6H2,1-3H3,(H,9,10). The molecule has 1 saturated heterocycles. The second-order valence-electron chi connectivity index (χ2n) is 3.15. The molecule has 0 aromatic carbocycles. The van der Waals surface area contributed by atoms with Crippen molar-refractivity contribution in [2.75, 3.05) is 27.2 Å². The van der Waals surface area contributed by atoms with E-state index in [4.69, 9.17) is 0 Å². The van der Waals surface area contributed by atoms with Crippen LogP contribution in [0.4, 0.5) is 0 Å². The largest absolute Gasteiger partial charge is 0.362 e. The molecule has 11 heavy (non-hydrogen) atoms. The first-order chi connectivity index (χ1) is 5.24. The van der Waals surface area contributed by atoms with Gasteiger partial charge in [0, 0.05) is 6.54 Å². The topological polar surface area (TPSA) is 37.5 Å². The van der Waals surface area contributed by atoms with Crippen molar-refractivity contribution >= 4 is 5.84 Å². The molecule has 3 nitrogen and oxygen atoms in total. The average Bonchev–Trinajstić information content (AvgIpc) is 2.64. The second-order valence-corrected chi connectivity index (χ2v) is 3.15. The third kappa shape index (κ3) is 2.89. The van der Waals surface area contributed by atoms with Gasteiger partial charge in [-0.3, -0.25) is 4.99 Å². The predicted octanol–water partition coefficient (Wildman–Crippen LogP) is 0.328. The lowest BCUT2D eigenvalue weighted by atomic mass is 10.3. The van der Waals surface area contributed by atoms with E-state index in [0.717, 1.165) is 13.1 Å². The average molecular weight is 155 g/mol. The van der Waals surface area contributed by atoms with Crippen molar-refractivity contribution in [2.45, 2.75) is 19.4 Å². The van der Waals surface area contributed by atoms with Crippen molar-refractivity contribution in [3.63, 3.8) is 0 Å². The maximum absolute atomic E-state index is 4.28. The van der Waals surface area contributed by atoms with Gasteiger partial charge in [0.2, 0.25) is 0 Å². The van der Waals surface area contributed by atoms with Crippen molar-refractivity contribution < 1.29 is 0 Å². The van der Waals surface area contributed by atoms with E-state index in [-0.39, 0.29) is 0 Å². The van der Waals surface area contributed by atoms with Crippen LogP contribution in [0.25, 0.3) is 0 Å². The minimum atomic E-state index is 0.581. The lowest BCUT2D eigenvalue weighted by molar-refractivity contribution is 0.400. The van der Waals surface area contributed by atoms with E-state index in [0.29, 0.717) is 6.04 Å². The minimum Gasteiger partial charge on any atom is -0.362 e. The summed E-state index contributed by atoms with van der Waals surface area (Å²) in [5.74, 6) is 1.20. The van der Waals surface area contributed by atoms with Crippen LogP contribution in [0.15, 0.2) is 4.99 Å². The van der Waals surface area contributed by atoms with Gasteiger partial charge in [0.25, 0.3) is 0 Å². The fourth-order valence-corrected chi connectivity index (χ4v) is 1.06. The fourth-order valence-electron chi connectivity index (χ4n) is 1.06. The molecule has 0 aromatic rings. The summed E-state index contributed by atoms with van der Waals surface area (Å²) in [5.41, 5.74) is 0. The molecule has 0 radical (unpaired) electrons. The summed E-state index contributed by atoms with van der Waals surface area (Å²) in [7, 11) is 4.19. The van der Waals surface area contributed by atoms with E-state index in [9.17, 15) is 0 Å². The quantitative estimate of drug-likeness (QED) is 0.594. The van der Waals surface area contributed by atoms with Crippen LogP contribution in [0.1, 0.15) is 13.3 Å². The van der Waals surface area contributed by atoms with Crippen molar-refractivity contribution in [1.29, 1.82) is 0 Å². The highest BCUT2D eigenvalue weighted by molar-refractivity contribution is 6.01. The molecule has 1 atom stereocenters.